The second kappa shape index (κ2) is 5.37. The molecule has 0 aliphatic carbocycles. The SMILES string of the molecule is Cc1cnc(CNC(=O)c2ccnc(Br)c2)s1. The van der Waals surface area contributed by atoms with E-state index in [1.165, 1.54) is 0 Å². The van der Waals surface area contributed by atoms with Crippen LogP contribution in [0.1, 0.15) is 20.2 Å². The summed E-state index contributed by atoms with van der Waals surface area (Å²) in [7, 11) is 0. The average molecular weight is 312 g/mol. The minimum absolute atomic E-state index is 0.124. The van der Waals surface area contributed by atoms with Gasteiger partial charge in [0.15, 0.2) is 0 Å². The van der Waals surface area contributed by atoms with Gasteiger partial charge in [-0.05, 0) is 35.0 Å². The Balaban J connectivity index is 1.98. The third kappa shape index (κ3) is 3.34. The first kappa shape index (κ1) is 12.2. The predicted octanol–water partition coefficient (Wildman–Crippen LogP) is 2.54. The third-order valence-corrected chi connectivity index (χ3v) is 3.40. The van der Waals surface area contributed by atoms with Crippen molar-refractivity contribution in [1.29, 1.82) is 0 Å². The maximum Gasteiger partial charge on any atom is 0.251 e. The predicted molar refractivity (Wildman–Crippen MR) is 70.0 cm³/mol. The van der Waals surface area contributed by atoms with Gasteiger partial charge in [-0.1, -0.05) is 0 Å². The lowest BCUT2D eigenvalue weighted by Gasteiger charge is -2.02. The summed E-state index contributed by atoms with van der Waals surface area (Å²) >= 11 is 4.81. The number of carbonyl (C=O) groups excluding carboxylic acids is 1. The van der Waals surface area contributed by atoms with Crippen LogP contribution in [0.4, 0.5) is 0 Å². The number of hydrogen-bond donors (Lipinski definition) is 1. The number of pyridine rings is 1. The summed E-state index contributed by atoms with van der Waals surface area (Å²) in [6.07, 6.45) is 3.39. The molecule has 0 bridgehead atoms. The number of hydrogen-bond acceptors (Lipinski definition) is 4. The van der Waals surface area contributed by atoms with Crippen molar-refractivity contribution in [3.05, 3.63) is 44.6 Å². The number of carbonyl (C=O) groups is 1. The second-order valence-corrected chi connectivity index (χ2v) is 5.55. The molecule has 4 nitrogen and oxygen atoms in total. The van der Waals surface area contributed by atoms with Crippen LogP contribution in [0.2, 0.25) is 0 Å². The van der Waals surface area contributed by atoms with E-state index in [4.69, 9.17) is 0 Å². The van der Waals surface area contributed by atoms with Crippen molar-refractivity contribution in [3.8, 4) is 0 Å². The first-order chi connectivity index (χ1) is 8.15. The van der Waals surface area contributed by atoms with E-state index in [-0.39, 0.29) is 5.91 Å². The molecule has 0 saturated carbocycles. The molecule has 0 aromatic carbocycles. The first-order valence-corrected chi connectivity index (χ1v) is 6.57. The monoisotopic (exact) mass is 311 g/mol. The summed E-state index contributed by atoms with van der Waals surface area (Å²) in [4.78, 5) is 21.1. The van der Waals surface area contributed by atoms with Gasteiger partial charge in [0, 0.05) is 22.8 Å². The number of nitrogens with one attached hydrogen (secondary N) is 1. The average Bonchev–Trinajstić information content (AvgIpc) is 2.72. The molecule has 0 aliphatic heterocycles. The van der Waals surface area contributed by atoms with E-state index in [0.717, 1.165) is 9.88 Å². The van der Waals surface area contributed by atoms with Crippen molar-refractivity contribution in [2.24, 2.45) is 0 Å². The molecule has 0 atom stereocenters. The molecule has 1 amide bonds. The van der Waals surface area contributed by atoms with Crippen LogP contribution in [0.15, 0.2) is 29.1 Å². The zero-order valence-electron chi connectivity index (χ0n) is 9.11. The van der Waals surface area contributed by atoms with Crippen molar-refractivity contribution >= 4 is 33.2 Å². The van der Waals surface area contributed by atoms with Gasteiger partial charge in [-0.2, -0.15) is 0 Å². The van der Waals surface area contributed by atoms with Crippen LogP contribution in [0.3, 0.4) is 0 Å². The van der Waals surface area contributed by atoms with Crippen LogP contribution < -0.4 is 5.32 Å². The molecule has 0 aliphatic rings. The van der Waals surface area contributed by atoms with Crippen molar-refractivity contribution in [1.82, 2.24) is 15.3 Å². The van der Waals surface area contributed by atoms with Gasteiger partial charge in [0.05, 0.1) is 6.54 Å². The molecule has 17 heavy (non-hydrogen) atoms. The fraction of sp³-hybridized carbons (Fsp3) is 0.182. The Kier molecular flexibility index (Phi) is 3.86. The molecule has 0 radical (unpaired) electrons. The van der Waals surface area contributed by atoms with Crippen LogP contribution in [0, 0.1) is 6.92 Å². The Bertz CT molecular complexity index is 541. The Morgan fingerprint density at radius 3 is 3.00 bits per heavy atom. The van der Waals surface area contributed by atoms with Gasteiger partial charge < -0.3 is 5.32 Å². The Hall–Kier alpha value is -1.27. The fourth-order valence-electron chi connectivity index (χ4n) is 1.28. The van der Waals surface area contributed by atoms with E-state index in [1.54, 1.807) is 35.9 Å². The molecular weight excluding hydrogens is 302 g/mol. The number of nitrogens with zero attached hydrogens (tertiary/aromatic N) is 2. The number of thiazole rings is 1. The number of rotatable bonds is 3. The summed E-state index contributed by atoms with van der Waals surface area (Å²) in [6, 6.07) is 3.36. The Morgan fingerprint density at radius 2 is 2.35 bits per heavy atom. The van der Waals surface area contributed by atoms with Gasteiger partial charge in [-0.3, -0.25) is 4.79 Å². The van der Waals surface area contributed by atoms with Gasteiger partial charge in [0.2, 0.25) is 0 Å². The largest absolute Gasteiger partial charge is 0.346 e. The molecule has 0 fully saturated rings. The number of amides is 1. The zero-order chi connectivity index (χ0) is 12.3. The van der Waals surface area contributed by atoms with Crippen LogP contribution in [0.5, 0.6) is 0 Å². The minimum Gasteiger partial charge on any atom is -0.346 e. The van der Waals surface area contributed by atoms with E-state index in [2.05, 4.69) is 31.2 Å². The molecule has 2 aromatic heterocycles. The molecule has 88 valence electrons. The molecule has 0 unspecified atom stereocenters. The van der Waals surface area contributed by atoms with E-state index >= 15 is 0 Å². The van der Waals surface area contributed by atoms with E-state index in [0.29, 0.717) is 16.7 Å². The number of aryl methyl sites for hydroxylation is 1. The van der Waals surface area contributed by atoms with Crippen molar-refractivity contribution in [3.63, 3.8) is 0 Å². The molecular formula is C11H10BrN3OS. The molecule has 1 N–H and O–H groups in total. The van der Waals surface area contributed by atoms with Crippen LogP contribution in [0.25, 0.3) is 0 Å². The summed E-state index contributed by atoms with van der Waals surface area (Å²) in [5, 5.41) is 3.72. The maximum absolute atomic E-state index is 11.8. The lowest BCUT2D eigenvalue weighted by Crippen LogP contribution is -2.22. The molecule has 6 heteroatoms. The molecule has 0 spiro atoms. The van der Waals surface area contributed by atoms with Crippen LogP contribution >= 0.6 is 27.3 Å². The zero-order valence-corrected chi connectivity index (χ0v) is 11.5. The van der Waals surface area contributed by atoms with E-state index in [9.17, 15) is 4.79 Å². The highest BCUT2D eigenvalue weighted by molar-refractivity contribution is 9.10. The lowest BCUT2D eigenvalue weighted by atomic mass is 10.2. The summed E-state index contributed by atoms with van der Waals surface area (Å²) < 4.78 is 0.648. The highest BCUT2D eigenvalue weighted by atomic mass is 79.9. The minimum atomic E-state index is -0.124. The van der Waals surface area contributed by atoms with Crippen molar-refractivity contribution in [2.75, 3.05) is 0 Å². The second-order valence-electron chi connectivity index (χ2n) is 3.41. The molecule has 0 saturated heterocycles. The molecule has 2 rings (SSSR count). The molecule has 2 aromatic rings. The van der Waals surface area contributed by atoms with Gasteiger partial charge >= 0.3 is 0 Å². The van der Waals surface area contributed by atoms with Gasteiger partial charge in [-0.15, -0.1) is 11.3 Å². The Labute approximate surface area is 111 Å². The topological polar surface area (TPSA) is 54.9 Å². The highest BCUT2D eigenvalue weighted by Crippen LogP contribution is 2.11. The Morgan fingerprint density at radius 1 is 1.53 bits per heavy atom. The van der Waals surface area contributed by atoms with Crippen LogP contribution in [-0.4, -0.2) is 15.9 Å². The van der Waals surface area contributed by atoms with Crippen molar-refractivity contribution in [2.45, 2.75) is 13.5 Å². The summed E-state index contributed by atoms with van der Waals surface area (Å²) in [5.41, 5.74) is 0.583. The summed E-state index contributed by atoms with van der Waals surface area (Å²) in [6.45, 7) is 2.44. The van der Waals surface area contributed by atoms with E-state index in [1.807, 2.05) is 6.92 Å². The quantitative estimate of drug-likeness (QED) is 0.886. The lowest BCUT2D eigenvalue weighted by molar-refractivity contribution is 0.0950. The smallest absolute Gasteiger partial charge is 0.251 e. The van der Waals surface area contributed by atoms with Gasteiger partial charge in [0.25, 0.3) is 5.91 Å². The van der Waals surface area contributed by atoms with E-state index < -0.39 is 0 Å². The number of halogens is 1. The number of aromatic nitrogens is 2. The van der Waals surface area contributed by atoms with Gasteiger partial charge in [-0.25, -0.2) is 9.97 Å². The standard InChI is InChI=1S/C11H10BrN3OS/c1-7-5-14-10(17-7)6-15-11(16)8-2-3-13-9(12)4-8/h2-5H,6H2,1H3,(H,15,16). The van der Waals surface area contributed by atoms with Gasteiger partial charge in [0.1, 0.15) is 9.61 Å². The fourth-order valence-corrected chi connectivity index (χ4v) is 2.38. The first-order valence-electron chi connectivity index (χ1n) is 4.96. The normalized spacial score (nSPS) is 10.2. The highest BCUT2D eigenvalue weighted by Gasteiger charge is 2.07. The summed E-state index contributed by atoms with van der Waals surface area (Å²) in [5.74, 6) is -0.124. The van der Waals surface area contributed by atoms with Crippen LogP contribution in [-0.2, 0) is 6.54 Å². The molecule has 2 heterocycles. The van der Waals surface area contributed by atoms with Crippen molar-refractivity contribution < 1.29 is 4.79 Å². The third-order valence-electron chi connectivity index (χ3n) is 2.06. The maximum atomic E-state index is 11.8.